The van der Waals surface area contributed by atoms with Crippen LogP contribution in [0.4, 0.5) is 11.5 Å². The Hall–Kier alpha value is -2.31. The second-order valence-corrected chi connectivity index (χ2v) is 4.47. The highest BCUT2D eigenvalue weighted by atomic mass is 16.2. The van der Waals surface area contributed by atoms with Gasteiger partial charge in [-0.1, -0.05) is 0 Å². The maximum absolute atomic E-state index is 11.7. The fraction of sp³-hybridized carbons (Fsp3) is 0.462. The summed E-state index contributed by atoms with van der Waals surface area (Å²) in [5.74, 6) is 0.775. The Bertz CT molecular complexity index is 528. The minimum absolute atomic E-state index is 0.116. The molecular formula is C13H17N5O2. The average Bonchev–Trinajstić information content (AvgIpc) is 2.46. The van der Waals surface area contributed by atoms with E-state index in [-0.39, 0.29) is 11.8 Å². The molecule has 2 rings (SSSR count). The zero-order valence-corrected chi connectivity index (χ0v) is 11.4. The summed E-state index contributed by atoms with van der Waals surface area (Å²) in [6.07, 6.45) is 3.55. The lowest BCUT2D eigenvalue weighted by Gasteiger charge is -2.24. The lowest BCUT2D eigenvalue weighted by Crippen LogP contribution is -2.41. The van der Waals surface area contributed by atoms with E-state index in [9.17, 15) is 9.59 Å². The zero-order valence-electron chi connectivity index (χ0n) is 11.4. The van der Waals surface area contributed by atoms with Crippen molar-refractivity contribution in [2.24, 2.45) is 4.99 Å². The van der Waals surface area contributed by atoms with Gasteiger partial charge < -0.3 is 5.32 Å². The van der Waals surface area contributed by atoms with E-state index in [4.69, 9.17) is 0 Å². The summed E-state index contributed by atoms with van der Waals surface area (Å²) in [4.78, 5) is 36.9. The van der Waals surface area contributed by atoms with Crippen molar-refractivity contribution >= 4 is 30.0 Å². The molecule has 0 bridgehead atoms. The fourth-order valence-corrected chi connectivity index (χ4v) is 2.09. The monoisotopic (exact) mass is 275 g/mol. The molecule has 1 aromatic heterocycles. The van der Waals surface area contributed by atoms with Crippen molar-refractivity contribution in [3.05, 3.63) is 12.0 Å². The Morgan fingerprint density at radius 2 is 2.10 bits per heavy atom. The summed E-state index contributed by atoms with van der Waals surface area (Å²) < 4.78 is 0. The normalized spacial score (nSPS) is 15.3. The average molecular weight is 275 g/mol. The number of carbonyl (C=O) groups excluding carboxylic acids is 2. The first-order valence-electron chi connectivity index (χ1n) is 6.49. The maximum atomic E-state index is 11.7. The molecule has 1 aliphatic rings. The van der Waals surface area contributed by atoms with E-state index in [2.05, 4.69) is 27.0 Å². The molecule has 2 amide bonds. The van der Waals surface area contributed by atoms with E-state index < -0.39 is 0 Å². The molecule has 0 unspecified atom stereocenters. The zero-order chi connectivity index (χ0) is 14.5. The summed E-state index contributed by atoms with van der Waals surface area (Å²) in [7, 11) is 1.75. The quantitative estimate of drug-likeness (QED) is 0.638. The van der Waals surface area contributed by atoms with Crippen LogP contribution in [0, 0.1) is 0 Å². The molecule has 0 aliphatic carbocycles. The highest BCUT2D eigenvalue weighted by Gasteiger charge is 2.25. The molecule has 20 heavy (non-hydrogen) atoms. The van der Waals surface area contributed by atoms with E-state index in [0.717, 1.165) is 0 Å². The standard InChI is InChI=1S/C13H17N5O2/c1-14-9-8-16-10(17-13(9)15-2)6-7-18-11(19)4-3-5-12(18)20/h8,14H,2-7H2,1H3. The van der Waals surface area contributed by atoms with Crippen molar-refractivity contribution in [3.8, 4) is 0 Å². The van der Waals surface area contributed by atoms with Gasteiger partial charge in [-0.15, -0.1) is 0 Å². The Labute approximate surface area is 117 Å². The van der Waals surface area contributed by atoms with Crippen LogP contribution >= 0.6 is 0 Å². The molecule has 0 spiro atoms. The molecule has 0 radical (unpaired) electrons. The van der Waals surface area contributed by atoms with Crippen molar-refractivity contribution in [1.82, 2.24) is 14.9 Å². The number of aromatic nitrogens is 2. The maximum Gasteiger partial charge on any atom is 0.229 e. The Morgan fingerprint density at radius 3 is 2.70 bits per heavy atom. The predicted octanol–water partition coefficient (Wildman–Crippen LogP) is 0.932. The molecule has 1 N–H and O–H groups in total. The molecule has 0 saturated carbocycles. The number of imide groups is 1. The van der Waals surface area contributed by atoms with Crippen molar-refractivity contribution in [2.75, 3.05) is 18.9 Å². The number of likely N-dealkylation sites (tertiary alicyclic amines) is 1. The molecular weight excluding hydrogens is 258 g/mol. The van der Waals surface area contributed by atoms with E-state index >= 15 is 0 Å². The molecule has 1 aromatic rings. The van der Waals surface area contributed by atoms with Crippen LogP contribution in [0.15, 0.2) is 11.2 Å². The number of aliphatic imine (C=N–C) groups is 1. The molecule has 0 aromatic carbocycles. The van der Waals surface area contributed by atoms with Crippen LogP contribution in [0.1, 0.15) is 25.1 Å². The minimum Gasteiger partial charge on any atom is -0.384 e. The summed E-state index contributed by atoms with van der Waals surface area (Å²) in [5.41, 5.74) is 0.689. The van der Waals surface area contributed by atoms with Gasteiger partial charge in [-0.3, -0.25) is 14.5 Å². The van der Waals surface area contributed by atoms with Gasteiger partial charge in [0.1, 0.15) is 5.82 Å². The largest absolute Gasteiger partial charge is 0.384 e. The molecule has 1 fully saturated rings. The first-order valence-corrected chi connectivity index (χ1v) is 6.49. The number of nitrogens with zero attached hydrogens (tertiary/aromatic N) is 4. The Kier molecular flexibility index (Phi) is 4.39. The van der Waals surface area contributed by atoms with Crippen LogP contribution in [0.5, 0.6) is 0 Å². The number of nitrogens with one attached hydrogen (secondary N) is 1. The summed E-state index contributed by atoms with van der Waals surface area (Å²) in [6, 6.07) is 0. The third kappa shape index (κ3) is 2.98. The number of anilines is 1. The molecule has 7 nitrogen and oxygen atoms in total. The van der Waals surface area contributed by atoms with Gasteiger partial charge in [-0.25, -0.2) is 15.0 Å². The van der Waals surface area contributed by atoms with Crippen molar-refractivity contribution in [3.63, 3.8) is 0 Å². The molecule has 106 valence electrons. The highest BCUT2D eigenvalue weighted by molar-refractivity contribution is 5.97. The lowest BCUT2D eigenvalue weighted by molar-refractivity contribution is -0.147. The van der Waals surface area contributed by atoms with Crippen LogP contribution in [0.2, 0.25) is 0 Å². The van der Waals surface area contributed by atoms with Gasteiger partial charge in [0, 0.05) is 32.9 Å². The van der Waals surface area contributed by atoms with E-state index in [1.165, 1.54) is 4.90 Å². The van der Waals surface area contributed by atoms with E-state index in [0.29, 0.717) is 49.6 Å². The van der Waals surface area contributed by atoms with Crippen LogP contribution in [-0.2, 0) is 16.0 Å². The predicted molar refractivity (Wildman–Crippen MR) is 75.1 cm³/mol. The van der Waals surface area contributed by atoms with Gasteiger partial charge in [0.2, 0.25) is 11.8 Å². The topological polar surface area (TPSA) is 87.6 Å². The molecule has 1 aliphatic heterocycles. The third-order valence-corrected chi connectivity index (χ3v) is 3.18. The smallest absolute Gasteiger partial charge is 0.229 e. The Morgan fingerprint density at radius 1 is 1.40 bits per heavy atom. The molecule has 1 saturated heterocycles. The lowest BCUT2D eigenvalue weighted by atomic mass is 10.1. The van der Waals surface area contributed by atoms with Crippen molar-refractivity contribution in [2.45, 2.75) is 25.7 Å². The minimum atomic E-state index is -0.116. The second-order valence-electron chi connectivity index (χ2n) is 4.47. The summed E-state index contributed by atoms with van der Waals surface area (Å²) in [5, 5.41) is 2.92. The van der Waals surface area contributed by atoms with Crippen LogP contribution in [-0.4, -0.2) is 47.0 Å². The van der Waals surface area contributed by atoms with Gasteiger partial charge in [-0.2, -0.15) is 0 Å². The van der Waals surface area contributed by atoms with Gasteiger partial charge in [0.05, 0.1) is 11.9 Å². The fourth-order valence-electron chi connectivity index (χ4n) is 2.09. The number of hydrogen-bond acceptors (Lipinski definition) is 6. The van der Waals surface area contributed by atoms with Gasteiger partial charge in [0.15, 0.2) is 5.82 Å². The number of rotatable bonds is 5. The summed E-state index contributed by atoms with van der Waals surface area (Å²) >= 11 is 0. The molecule has 7 heteroatoms. The number of amides is 2. The first-order chi connectivity index (χ1) is 9.65. The molecule has 0 atom stereocenters. The van der Waals surface area contributed by atoms with Crippen LogP contribution in [0.3, 0.4) is 0 Å². The number of piperidine rings is 1. The Balaban J connectivity index is 2.05. The number of hydrogen-bond donors (Lipinski definition) is 1. The van der Waals surface area contributed by atoms with Crippen LogP contribution < -0.4 is 5.32 Å². The third-order valence-electron chi connectivity index (χ3n) is 3.18. The van der Waals surface area contributed by atoms with Crippen molar-refractivity contribution < 1.29 is 9.59 Å². The van der Waals surface area contributed by atoms with Gasteiger partial charge >= 0.3 is 0 Å². The summed E-state index contributed by atoms with van der Waals surface area (Å²) in [6.45, 7) is 3.77. The first kappa shape index (κ1) is 14.1. The van der Waals surface area contributed by atoms with E-state index in [1.54, 1.807) is 13.2 Å². The SMILES string of the molecule is C=Nc1nc(CCN2C(=O)CCCC2=O)ncc1NC. The van der Waals surface area contributed by atoms with Gasteiger partial charge in [-0.05, 0) is 13.1 Å². The van der Waals surface area contributed by atoms with Crippen molar-refractivity contribution in [1.29, 1.82) is 0 Å². The van der Waals surface area contributed by atoms with Crippen LogP contribution in [0.25, 0.3) is 0 Å². The van der Waals surface area contributed by atoms with Gasteiger partial charge in [0.25, 0.3) is 0 Å². The number of carbonyl (C=O) groups is 2. The second kappa shape index (κ2) is 6.23. The van der Waals surface area contributed by atoms with E-state index in [1.807, 2.05) is 0 Å². The highest BCUT2D eigenvalue weighted by Crippen LogP contribution is 2.20. The molecule has 2 heterocycles.